The molecule has 0 heterocycles. The van der Waals surface area contributed by atoms with Gasteiger partial charge in [0, 0.05) is 11.1 Å². The van der Waals surface area contributed by atoms with Crippen molar-refractivity contribution in [3.63, 3.8) is 0 Å². The minimum atomic E-state index is -5.89. The first-order valence-corrected chi connectivity index (χ1v) is 28.2. The average molecular weight is 1230 g/mol. The summed E-state index contributed by atoms with van der Waals surface area (Å²) in [6.45, 7) is 0. The highest BCUT2D eigenvalue weighted by Crippen LogP contribution is 2.55. The molecule has 0 bridgehead atoms. The lowest BCUT2D eigenvalue weighted by molar-refractivity contribution is -0.144. The van der Waals surface area contributed by atoms with E-state index >= 15 is 26.3 Å². The van der Waals surface area contributed by atoms with Gasteiger partial charge in [0.05, 0.1) is 65.2 Å². The molecule has 0 unspecified atom stereocenters. The Morgan fingerprint density at radius 3 is 0.906 bits per heavy atom. The number of hydrogen-bond donors (Lipinski definition) is 0. The van der Waals surface area contributed by atoms with Crippen LogP contribution in [0, 0.1) is 0 Å². The van der Waals surface area contributed by atoms with Crippen LogP contribution in [0.2, 0.25) is 0 Å². The summed E-state index contributed by atoms with van der Waals surface area (Å²) in [7, 11) is -11.3. The fraction of sp³-hybridized carbons (Fsp3) is 0.100. The second-order valence-corrected chi connectivity index (χ2v) is 24.9. The molecule has 0 radical (unpaired) electrons. The quantitative estimate of drug-likeness (QED) is 0.0500. The van der Waals surface area contributed by atoms with Gasteiger partial charge in [-0.15, -0.1) is 4.17 Å². The third-order valence-electron chi connectivity index (χ3n) is 13.0. The highest BCUT2D eigenvalue weighted by atomic mass is 31.2. The summed E-state index contributed by atoms with van der Waals surface area (Å²) in [5, 5.41) is 2.28. The Labute approximate surface area is 472 Å². The van der Waals surface area contributed by atoms with E-state index in [-0.39, 0.29) is 41.7 Å². The fourth-order valence-electron chi connectivity index (χ4n) is 9.33. The van der Waals surface area contributed by atoms with E-state index in [1.165, 1.54) is 18.2 Å². The molecule has 0 fully saturated rings. The molecule has 9 rings (SSSR count). The van der Waals surface area contributed by atoms with Gasteiger partial charge in [0.2, 0.25) is 0 Å². The Kier molecular flexibility index (Phi) is 16.8. The predicted octanol–water partition coefficient (Wildman–Crippen LogP) is 16.7. The fourth-order valence-corrected chi connectivity index (χ4v) is 19.0. The van der Waals surface area contributed by atoms with Crippen LogP contribution in [0.5, 0.6) is 17.2 Å². The van der Waals surface area contributed by atoms with Crippen LogP contribution in [0.25, 0.3) is 11.1 Å². The zero-order chi connectivity index (χ0) is 61.4. The maximum atomic E-state index is 16.2. The van der Waals surface area contributed by atoms with Crippen LogP contribution >= 0.6 is 14.1 Å². The molecule has 0 aliphatic carbocycles. The molecular weight excluding hydrogens is 1200 g/mol. The topological polar surface area (TPSA) is 41.8 Å². The largest absolute Gasteiger partial charge is 0.864 e. The van der Waals surface area contributed by atoms with Crippen molar-refractivity contribution in [2.24, 2.45) is 0 Å². The number of halogens is 18. The van der Waals surface area contributed by atoms with Crippen molar-refractivity contribution in [2.45, 2.75) is 37.1 Å². The van der Waals surface area contributed by atoms with Crippen molar-refractivity contribution in [1.82, 2.24) is 4.17 Å². The van der Waals surface area contributed by atoms with E-state index < -0.39 is 132 Å². The summed E-state index contributed by atoms with van der Waals surface area (Å²) >= 11 is 0. The maximum absolute atomic E-state index is 16.2. The van der Waals surface area contributed by atoms with Gasteiger partial charge in [-0.25, -0.2) is 0 Å². The van der Waals surface area contributed by atoms with Crippen molar-refractivity contribution in [3.8, 4) is 28.4 Å². The van der Waals surface area contributed by atoms with Gasteiger partial charge in [-0.2, -0.15) is 79.0 Å². The Bertz CT molecular complexity index is 3680. The first kappa shape index (κ1) is 61.3. The predicted molar refractivity (Wildman–Crippen MR) is 288 cm³/mol. The lowest BCUT2D eigenvalue weighted by Gasteiger charge is -2.26. The summed E-state index contributed by atoms with van der Waals surface area (Å²) in [6.07, 6.45) is -34.3. The molecule has 9 aromatic rings. The molecule has 0 aliphatic rings. The second kappa shape index (κ2) is 23.3. The molecule has 0 spiro atoms. The molecule has 25 heteroatoms. The number of rotatable bonds is 13. The van der Waals surface area contributed by atoms with Crippen LogP contribution in [0.3, 0.4) is 0 Å². The molecule has 85 heavy (non-hydrogen) atoms. The molecule has 438 valence electrons. The van der Waals surface area contributed by atoms with E-state index in [0.717, 1.165) is 6.07 Å². The van der Waals surface area contributed by atoms with Crippen LogP contribution in [-0.2, 0) is 37.1 Å². The van der Waals surface area contributed by atoms with Gasteiger partial charge >= 0.3 is 58.5 Å². The van der Waals surface area contributed by atoms with Gasteiger partial charge in [-0.05, 0) is 115 Å². The third-order valence-corrected chi connectivity index (χ3v) is 21.4. The van der Waals surface area contributed by atoms with E-state index in [1.807, 2.05) is 0 Å². The minimum Gasteiger partial charge on any atom is -0.490 e. The smallest absolute Gasteiger partial charge is 0.490 e. The zero-order valence-electron chi connectivity index (χ0n) is 42.8. The van der Waals surface area contributed by atoms with Crippen molar-refractivity contribution in [3.05, 3.63) is 258 Å². The molecular formula is C60H37BF18NO3P2+. The highest BCUT2D eigenvalue weighted by Gasteiger charge is 2.49. The normalized spacial score (nSPS) is 12.8. The summed E-state index contributed by atoms with van der Waals surface area (Å²) in [6, 6.07) is 45.5. The molecule has 0 aliphatic heterocycles. The lowest BCUT2D eigenvalue weighted by atomic mass is 9.94. The molecule has 9 aromatic carbocycles. The van der Waals surface area contributed by atoms with Crippen LogP contribution < -0.4 is 50.0 Å². The molecule has 0 saturated carbocycles. The Balaban J connectivity index is 1.47. The van der Waals surface area contributed by atoms with E-state index in [2.05, 4.69) is 0 Å². The van der Waals surface area contributed by atoms with Crippen molar-refractivity contribution in [1.29, 1.82) is 0 Å². The maximum Gasteiger partial charge on any atom is 0.864 e. The van der Waals surface area contributed by atoms with Crippen LogP contribution in [0.4, 0.5) is 79.0 Å². The first-order chi connectivity index (χ1) is 39.9. The van der Waals surface area contributed by atoms with Gasteiger partial charge in [-0.3, -0.25) is 0 Å². The average Bonchev–Trinajstić information content (AvgIpc) is 0.755. The van der Waals surface area contributed by atoms with Crippen molar-refractivity contribution in [2.75, 3.05) is 0 Å². The van der Waals surface area contributed by atoms with Gasteiger partial charge in [-0.1, -0.05) is 109 Å². The van der Waals surface area contributed by atoms with Crippen molar-refractivity contribution >= 4 is 53.3 Å². The number of nitrogens with zero attached hydrogens (tertiary/aromatic N) is 1. The van der Waals surface area contributed by atoms with E-state index in [9.17, 15) is 52.7 Å². The third kappa shape index (κ3) is 13.2. The van der Waals surface area contributed by atoms with Gasteiger partial charge < -0.3 is 14.0 Å². The summed E-state index contributed by atoms with van der Waals surface area (Å²) in [5.41, 5.74) is -14.9. The minimum absolute atomic E-state index is 0.0842. The second-order valence-electron chi connectivity index (χ2n) is 18.6. The molecule has 0 atom stereocenters. The molecule has 0 N–H and O–H groups in total. The van der Waals surface area contributed by atoms with E-state index in [4.69, 9.17) is 18.1 Å². The Morgan fingerprint density at radius 1 is 0.294 bits per heavy atom. The zero-order valence-corrected chi connectivity index (χ0v) is 44.6. The first-order valence-electron chi connectivity index (χ1n) is 24.7. The molecule has 4 nitrogen and oxygen atoms in total. The van der Waals surface area contributed by atoms with Crippen LogP contribution in [0.15, 0.2) is 224 Å². The van der Waals surface area contributed by atoms with E-state index in [1.54, 1.807) is 152 Å². The Morgan fingerprint density at radius 2 is 0.588 bits per heavy atom. The van der Waals surface area contributed by atoms with Gasteiger partial charge in [0.15, 0.2) is 0 Å². The summed E-state index contributed by atoms with van der Waals surface area (Å²) < 4.78 is 288. The standard InChI is InChI=1S/C60H37BF18NO3P2/c62-55(63,64)38-30-39(56(65,66)67)33-43(32-38)81-61(82-44-34-40(57(68,69)70)31-41(35-44)58(71,72)73)83-52-37-42(59(74,75)76)36-51(60(77,78)79)54(52)50-28-16-17-29-53(50)85(48-24-12-4-13-25-48,49-26-14-5-15-27-49)80-84(45-18-6-1-7-19-45,46-20-8-2-9-21-46)47-22-10-3-11-23-47/h1-37H/q+1. The SMILES string of the molecule is FC(F)(F)c1cc(OB(Oc2cc(C(F)(F)F)cc(C(F)(F)F)c2)Oc2cc(C(F)(F)F)cc(C(F)(F)F)c2-c2ccccc2P(=[N+]=P(c2ccccc2)(c2ccccc2)c2ccccc2)(c2ccccc2)c2ccccc2)cc(C(F)(F)F)c1. The highest BCUT2D eigenvalue weighted by molar-refractivity contribution is 7.94. The van der Waals surface area contributed by atoms with Crippen LogP contribution in [0.1, 0.15) is 33.4 Å². The number of hydrogen-bond acceptors (Lipinski definition) is 3. The number of benzene rings is 9. The lowest BCUT2D eigenvalue weighted by Crippen LogP contribution is -2.38. The summed E-state index contributed by atoms with van der Waals surface area (Å²) in [5.74, 6) is -4.97. The van der Waals surface area contributed by atoms with E-state index in [0.29, 0.717) is 26.5 Å². The van der Waals surface area contributed by atoms with Gasteiger partial charge in [0.25, 0.3) is 0 Å². The van der Waals surface area contributed by atoms with Gasteiger partial charge in [0.1, 0.15) is 17.2 Å². The number of alkyl halides is 18. The molecule has 0 saturated heterocycles. The monoisotopic (exact) mass is 1230 g/mol. The Hall–Kier alpha value is -8.25. The molecule has 0 aromatic heterocycles. The summed E-state index contributed by atoms with van der Waals surface area (Å²) in [4.78, 5) is 0. The van der Waals surface area contributed by atoms with Crippen LogP contribution in [-0.4, -0.2) is 7.32 Å². The van der Waals surface area contributed by atoms with Crippen molar-refractivity contribution < 1.29 is 93.0 Å². The molecule has 0 amide bonds.